The molecule has 37 heavy (non-hydrogen) atoms. The van der Waals surface area contributed by atoms with Gasteiger partial charge in [0.15, 0.2) is 11.5 Å². The first-order valence-electron chi connectivity index (χ1n) is 12.0. The molecular formula is C29H26N4O4. The van der Waals surface area contributed by atoms with Gasteiger partial charge in [0.25, 0.3) is 5.56 Å². The molecule has 0 saturated carbocycles. The molecule has 1 atom stereocenters. The minimum atomic E-state index is -0.579. The molecule has 0 radical (unpaired) electrons. The summed E-state index contributed by atoms with van der Waals surface area (Å²) in [5, 5.41) is 15.1. The number of fused-ring (bicyclic) bond motifs is 5. The van der Waals surface area contributed by atoms with Gasteiger partial charge >= 0.3 is 5.69 Å². The molecule has 8 nitrogen and oxygen atoms in total. The number of hydrogen-bond acceptors (Lipinski definition) is 5. The van der Waals surface area contributed by atoms with Crippen LogP contribution in [0.5, 0.6) is 11.5 Å². The van der Waals surface area contributed by atoms with Crippen LogP contribution in [0.25, 0.3) is 27.8 Å². The number of phenols is 1. The highest BCUT2D eigenvalue weighted by Gasteiger charge is 2.36. The van der Waals surface area contributed by atoms with Crippen LogP contribution >= 0.6 is 0 Å². The summed E-state index contributed by atoms with van der Waals surface area (Å²) in [4.78, 5) is 26.9. The Morgan fingerprint density at radius 3 is 2.38 bits per heavy atom. The zero-order chi connectivity index (χ0) is 26.0. The van der Waals surface area contributed by atoms with E-state index in [0.717, 1.165) is 27.1 Å². The average Bonchev–Trinajstić information content (AvgIpc) is 3.27. The number of phenolic OH excluding ortho intramolecular Hbond substituents is 1. The summed E-state index contributed by atoms with van der Waals surface area (Å²) in [6.07, 6.45) is 0. The number of aromatic nitrogens is 3. The first kappa shape index (κ1) is 22.7. The van der Waals surface area contributed by atoms with Crippen molar-refractivity contribution in [3.05, 3.63) is 104 Å². The number of aryl methyl sites for hydroxylation is 2. The van der Waals surface area contributed by atoms with Crippen molar-refractivity contribution < 1.29 is 9.84 Å². The first-order valence-corrected chi connectivity index (χ1v) is 12.0. The number of benzene rings is 3. The Balaban J connectivity index is 1.85. The van der Waals surface area contributed by atoms with Gasteiger partial charge in [-0.3, -0.25) is 13.9 Å². The minimum Gasteiger partial charge on any atom is -0.504 e. The van der Waals surface area contributed by atoms with Gasteiger partial charge in [-0.25, -0.2) is 4.79 Å². The number of nitrogens with zero attached hydrogens (tertiary/aromatic N) is 3. The molecule has 0 bridgehead atoms. The van der Waals surface area contributed by atoms with Crippen molar-refractivity contribution in [3.8, 4) is 28.4 Å². The summed E-state index contributed by atoms with van der Waals surface area (Å²) in [7, 11) is 4.67. The van der Waals surface area contributed by atoms with E-state index in [1.807, 2.05) is 72.2 Å². The monoisotopic (exact) mass is 494 g/mol. The van der Waals surface area contributed by atoms with Gasteiger partial charge < -0.3 is 19.7 Å². The minimum absolute atomic E-state index is 0.00602. The number of rotatable bonds is 3. The van der Waals surface area contributed by atoms with Crippen molar-refractivity contribution in [3.63, 3.8) is 0 Å². The molecule has 8 heteroatoms. The number of ether oxygens (including phenoxy) is 1. The topological polar surface area (TPSA) is 90.4 Å². The van der Waals surface area contributed by atoms with Gasteiger partial charge in [-0.15, -0.1) is 0 Å². The Morgan fingerprint density at radius 2 is 1.65 bits per heavy atom. The molecule has 0 unspecified atom stereocenters. The van der Waals surface area contributed by atoms with Crippen molar-refractivity contribution in [1.82, 2.24) is 13.7 Å². The van der Waals surface area contributed by atoms with Crippen LogP contribution in [0, 0.1) is 6.92 Å². The third-order valence-corrected chi connectivity index (χ3v) is 7.21. The van der Waals surface area contributed by atoms with E-state index in [-0.39, 0.29) is 11.3 Å². The Kier molecular flexibility index (Phi) is 5.01. The van der Waals surface area contributed by atoms with Crippen LogP contribution in [-0.4, -0.2) is 25.9 Å². The molecular weight excluding hydrogens is 468 g/mol. The Bertz CT molecular complexity index is 1830. The highest BCUT2D eigenvalue weighted by Crippen LogP contribution is 2.47. The number of para-hydroxylation sites is 3. The van der Waals surface area contributed by atoms with Gasteiger partial charge in [0.1, 0.15) is 0 Å². The van der Waals surface area contributed by atoms with E-state index in [1.54, 1.807) is 13.1 Å². The fourth-order valence-corrected chi connectivity index (χ4v) is 5.37. The molecule has 0 saturated heterocycles. The summed E-state index contributed by atoms with van der Waals surface area (Å²) in [6, 6.07) is 20.5. The van der Waals surface area contributed by atoms with Crippen LogP contribution in [-0.2, 0) is 14.1 Å². The van der Waals surface area contributed by atoms with Crippen molar-refractivity contribution in [2.75, 3.05) is 12.4 Å². The molecule has 3 heterocycles. The molecule has 6 rings (SSSR count). The average molecular weight is 495 g/mol. The first-order chi connectivity index (χ1) is 17.8. The summed E-state index contributed by atoms with van der Waals surface area (Å²) in [5.74, 6) is 0.331. The lowest BCUT2D eigenvalue weighted by Gasteiger charge is -2.31. The van der Waals surface area contributed by atoms with Crippen molar-refractivity contribution in [1.29, 1.82) is 0 Å². The number of methoxy groups -OCH3 is 1. The summed E-state index contributed by atoms with van der Waals surface area (Å²) in [5.41, 5.74) is 5.29. The van der Waals surface area contributed by atoms with Gasteiger partial charge in [0.2, 0.25) is 0 Å². The van der Waals surface area contributed by atoms with Crippen LogP contribution in [0.2, 0.25) is 0 Å². The second kappa shape index (κ2) is 8.16. The molecule has 0 fully saturated rings. The fraction of sp³-hybridized carbons (Fsp3) is 0.172. The van der Waals surface area contributed by atoms with Crippen LogP contribution in [0.15, 0.2) is 76.3 Å². The standard InChI is InChI=1S/C29H26N4O4/c1-16-12-14-17(15-13-16)24-22-25(31(2)29(36)32(3)28(22)35)26-23(18-8-7-11-21(37-4)27(18)34)30-19-9-5-6-10-20(19)33(24)26/h5-15,23,30,34H,1-4H3/t23-/m1/s1. The molecule has 0 amide bonds. The normalized spacial score (nSPS) is 14.2. The van der Waals surface area contributed by atoms with E-state index in [9.17, 15) is 14.7 Å². The largest absolute Gasteiger partial charge is 0.504 e. The maximum Gasteiger partial charge on any atom is 0.331 e. The van der Waals surface area contributed by atoms with Gasteiger partial charge in [0, 0.05) is 19.7 Å². The maximum atomic E-state index is 13.7. The van der Waals surface area contributed by atoms with Crippen LogP contribution in [0.4, 0.5) is 5.69 Å². The number of aromatic hydroxyl groups is 1. The van der Waals surface area contributed by atoms with E-state index >= 15 is 0 Å². The lowest BCUT2D eigenvalue weighted by Crippen LogP contribution is -2.37. The van der Waals surface area contributed by atoms with Gasteiger partial charge in [0.05, 0.1) is 46.8 Å². The molecule has 1 aliphatic heterocycles. The Labute approximate surface area is 212 Å². The summed E-state index contributed by atoms with van der Waals surface area (Å²) < 4.78 is 10.1. The van der Waals surface area contributed by atoms with Crippen LogP contribution in [0.3, 0.4) is 0 Å². The van der Waals surface area contributed by atoms with Crippen molar-refractivity contribution in [2.45, 2.75) is 13.0 Å². The Hall–Kier alpha value is -4.72. The smallest absolute Gasteiger partial charge is 0.331 e. The highest BCUT2D eigenvalue weighted by atomic mass is 16.5. The Morgan fingerprint density at radius 1 is 0.919 bits per heavy atom. The van der Waals surface area contributed by atoms with E-state index in [0.29, 0.717) is 33.6 Å². The zero-order valence-corrected chi connectivity index (χ0v) is 20.9. The molecule has 2 N–H and O–H groups in total. The molecule has 2 aromatic heterocycles. The predicted octanol–water partition coefficient (Wildman–Crippen LogP) is 4.23. The maximum absolute atomic E-state index is 13.7. The van der Waals surface area contributed by atoms with Gasteiger partial charge in [-0.05, 0) is 30.7 Å². The second-order valence-corrected chi connectivity index (χ2v) is 9.36. The summed E-state index contributed by atoms with van der Waals surface area (Å²) >= 11 is 0. The van der Waals surface area contributed by atoms with Crippen LogP contribution in [0.1, 0.15) is 22.9 Å². The number of nitrogens with one attached hydrogen (secondary N) is 1. The van der Waals surface area contributed by atoms with Crippen molar-refractivity contribution in [2.24, 2.45) is 14.1 Å². The predicted molar refractivity (Wildman–Crippen MR) is 144 cm³/mol. The van der Waals surface area contributed by atoms with Crippen LogP contribution < -0.4 is 21.3 Å². The van der Waals surface area contributed by atoms with E-state index < -0.39 is 11.7 Å². The van der Waals surface area contributed by atoms with Gasteiger partial charge in [-0.2, -0.15) is 0 Å². The lowest BCUT2D eigenvalue weighted by atomic mass is 9.98. The molecule has 5 aromatic rings. The van der Waals surface area contributed by atoms with E-state index in [1.165, 1.54) is 18.7 Å². The molecule has 0 aliphatic carbocycles. The van der Waals surface area contributed by atoms with E-state index in [4.69, 9.17) is 4.74 Å². The third kappa shape index (κ3) is 3.15. The summed E-state index contributed by atoms with van der Waals surface area (Å²) in [6.45, 7) is 2.01. The number of hydrogen-bond donors (Lipinski definition) is 2. The molecule has 0 spiro atoms. The number of anilines is 1. The van der Waals surface area contributed by atoms with Gasteiger partial charge in [-0.1, -0.05) is 54.1 Å². The lowest BCUT2D eigenvalue weighted by molar-refractivity contribution is 0.370. The fourth-order valence-electron chi connectivity index (χ4n) is 5.37. The highest BCUT2D eigenvalue weighted by molar-refractivity contribution is 5.99. The van der Waals surface area contributed by atoms with E-state index in [2.05, 4.69) is 5.32 Å². The molecule has 186 valence electrons. The van der Waals surface area contributed by atoms with Crippen molar-refractivity contribution >= 4 is 16.6 Å². The molecule has 3 aromatic carbocycles. The SMILES string of the molecule is COc1cccc([C@H]2Nc3ccccc3-n3c(-c4ccc(C)cc4)c4c(=O)n(C)c(=O)n(C)c4c32)c1O. The third-order valence-electron chi connectivity index (χ3n) is 7.21. The second-order valence-electron chi connectivity index (χ2n) is 9.36. The zero-order valence-electron chi connectivity index (χ0n) is 20.9. The quantitative estimate of drug-likeness (QED) is 0.392. The molecule has 1 aliphatic rings.